The number of fused-ring (bicyclic) bond motifs is 1. The smallest absolute Gasteiger partial charge is 0.339 e. The molecule has 106 valence electrons. The van der Waals surface area contributed by atoms with Gasteiger partial charge in [-0.25, -0.2) is 19.7 Å². The maximum atomic E-state index is 11.3. The third-order valence-electron chi connectivity index (χ3n) is 3.27. The molecule has 0 saturated carbocycles. The highest BCUT2D eigenvalue weighted by atomic mass is 16.5. The Kier molecular flexibility index (Phi) is 3.02. The molecule has 7 nitrogen and oxygen atoms in total. The summed E-state index contributed by atoms with van der Waals surface area (Å²) in [5, 5.41) is 10.1. The van der Waals surface area contributed by atoms with Crippen LogP contribution in [0.25, 0.3) is 22.2 Å². The van der Waals surface area contributed by atoms with Gasteiger partial charge in [0, 0.05) is 36.6 Å². The SMILES string of the molecule is COc1ncc(-c2ncncc2C(=O)O)c2ccn(C)c12. The molecule has 0 radical (unpaired) electrons. The lowest BCUT2D eigenvalue weighted by molar-refractivity contribution is 0.0697. The number of aromatic carboxylic acids is 1. The van der Waals surface area contributed by atoms with Crippen LogP contribution in [-0.4, -0.2) is 37.7 Å². The van der Waals surface area contributed by atoms with Crippen LogP contribution >= 0.6 is 0 Å². The van der Waals surface area contributed by atoms with Crippen molar-refractivity contribution in [1.29, 1.82) is 0 Å². The van der Waals surface area contributed by atoms with Crippen molar-refractivity contribution >= 4 is 16.9 Å². The molecule has 0 aliphatic heterocycles. The molecule has 0 unspecified atom stereocenters. The minimum Gasteiger partial charge on any atom is -0.479 e. The monoisotopic (exact) mass is 284 g/mol. The molecular weight excluding hydrogens is 272 g/mol. The summed E-state index contributed by atoms with van der Waals surface area (Å²) in [6.45, 7) is 0. The van der Waals surface area contributed by atoms with Crippen LogP contribution in [0.4, 0.5) is 0 Å². The molecule has 3 aromatic heterocycles. The van der Waals surface area contributed by atoms with Gasteiger partial charge in [0.15, 0.2) is 0 Å². The van der Waals surface area contributed by atoms with E-state index < -0.39 is 5.97 Å². The van der Waals surface area contributed by atoms with Crippen molar-refractivity contribution in [2.45, 2.75) is 0 Å². The molecule has 1 N–H and O–H groups in total. The summed E-state index contributed by atoms with van der Waals surface area (Å²) in [6, 6.07) is 1.88. The van der Waals surface area contributed by atoms with Gasteiger partial charge in [-0.3, -0.25) is 0 Å². The van der Waals surface area contributed by atoms with E-state index in [1.54, 1.807) is 13.3 Å². The molecule has 3 aromatic rings. The van der Waals surface area contributed by atoms with Gasteiger partial charge in [0.1, 0.15) is 17.4 Å². The lowest BCUT2D eigenvalue weighted by Gasteiger charge is -2.09. The summed E-state index contributed by atoms with van der Waals surface area (Å²) in [7, 11) is 3.41. The van der Waals surface area contributed by atoms with Crippen LogP contribution in [0.3, 0.4) is 0 Å². The fraction of sp³-hybridized carbons (Fsp3) is 0.143. The quantitative estimate of drug-likeness (QED) is 0.787. The van der Waals surface area contributed by atoms with Gasteiger partial charge in [0.2, 0.25) is 5.88 Å². The topological polar surface area (TPSA) is 90.1 Å². The molecular formula is C14H12N4O3. The fourth-order valence-electron chi connectivity index (χ4n) is 2.31. The lowest BCUT2D eigenvalue weighted by atomic mass is 10.1. The van der Waals surface area contributed by atoms with Crippen LogP contribution in [-0.2, 0) is 7.05 Å². The molecule has 0 atom stereocenters. The summed E-state index contributed by atoms with van der Waals surface area (Å²) < 4.78 is 7.12. The number of carbonyl (C=O) groups is 1. The van der Waals surface area contributed by atoms with Crippen LogP contribution in [0.2, 0.25) is 0 Å². The normalized spacial score (nSPS) is 10.8. The van der Waals surface area contributed by atoms with Crippen molar-refractivity contribution < 1.29 is 14.6 Å². The fourth-order valence-corrected chi connectivity index (χ4v) is 2.31. The zero-order valence-corrected chi connectivity index (χ0v) is 11.4. The number of methoxy groups -OCH3 is 1. The Hall–Kier alpha value is -2.96. The Morgan fingerprint density at radius 2 is 2.14 bits per heavy atom. The average molecular weight is 284 g/mol. The number of aryl methyl sites for hydroxylation is 1. The number of rotatable bonds is 3. The summed E-state index contributed by atoms with van der Waals surface area (Å²) in [5.41, 5.74) is 1.79. The lowest BCUT2D eigenvalue weighted by Crippen LogP contribution is -2.03. The van der Waals surface area contributed by atoms with E-state index in [-0.39, 0.29) is 5.56 Å². The summed E-state index contributed by atoms with van der Waals surface area (Å²) in [5.74, 6) is -0.599. The van der Waals surface area contributed by atoms with E-state index in [2.05, 4.69) is 15.0 Å². The number of nitrogens with zero attached hydrogens (tertiary/aromatic N) is 4. The number of pyridine rings is 1. The van der Waals surface area contributed by atoms with E-state index in [9.17, 15) is 9.90 Å². The Labute approximate surface area is 119 Å². The molecule has 0 aliphatic rings. The van der Waals surface area contributed by atoms with Gasteiger partial charge in [0.05, 0.1) is 12.8 Å². The second kappa shape index (κ2) is 4.86. The second-order valence-corrected chi connectivity index (χ2v) is 4.46. The average Bonchev–Trinajstić information content (AvgIpc) is 2.89. The van der Waals surface area contributed by atoms with Crippen molar-refractivity contribution in [3.8, 4) is 17.1 Å². The molecule has 0 amide bonds. The second-order valence-electron chi connectivity index (χ2n) is 4.46. The predicted molar refractivity (Wildman–Crippen MR) is 75.3 cm³/mol. The third-order valence-corrected chi connectivity index (χ3v) is 3.27. The summed E-state index contributed by atoms with van der Waals surface area (Å²) >= 11 is 0. The summed E-state index contributed by atoms with van der Waals surface area (Å²) in [4.78, 5) is 23.4. The van der Waals surface area contributed by atoms with Crippen molar-refractivity contribution in [2.24, 2.45) is 7.05 Å². The third kappa shape index (κ3) is 1.99. The van der Waals surface area contributed by atoms with Crippen LogP contribution < -0.4 is 4.74 Å². The van der Waals surface area contributed by atoms with E-state index in [1.807, 2.05) is 23.9 Å². The maximum Gasteiger partial charge on any atom is 0.339 e. The number of carboxylic acid groups (broad SMARTS) is 1. The summed E-state index contributed by atoms with van der Waals surface area (Å²) in [6.07, 6.45) is 6.03. The van der Waals surface area contributed by atoms with E-state index in [0.29, 0.717) is 17.1 Å². The number of carboxylic acids is 1. The van der Waals surface area contributed by atoms with Gasteiger partial charge in [0.25, 0.3) is 0 Å². The van der Waals surface area contributed by atoms with E-state index in [1.165, 1.54) is 12.5 Å². The number of hydrogen-bond acceptors (Lipinski definition) is 5. The molecule has 0 fully saturated rings. The largest absolute Gasteiger partial charge is 0.479 e. The zero-order chi connectivity index (χ0) is 15.0. The van der Waals surface area contributed by atoms with E-state index >= 15 is 0 Å². The first-order valence-corrected chi connectivity index (χ1v) is 6.15. The van der Waals surface area contributed by atoms with Crippen molar-refractivity contribution in [3.05, 3.63) is 36.5 Å². The molecule has 3 rings (SSSR count). The van der Waals surface area contributed by atoms with Crippen molar-refractivity contribution in [2.75, 3.05) is 7.11 Å². The van der Waals surface area contributed by atoms with Gasteiger partial charge in [-0.15, -0.1) is 0 Å². The maximum absolute atomic E-state index is 11.3. The molecule has 0 aromatic carbocycles. The Morgan fingerprint density at radius 3 is 2.86 bits per heavy atom. The molecule has 0 saturated heterocycles. The highest BCUT2D eigenvalue weighted by Crippen LogP contribution is 2.33. The molecule has 21 heavy (non-hydrogen) atoms. The standard InChI is InChI=1S/C14H12N4O3/c1-18-4-3-8-9(6-16-13(21-2)12(8)18)11-10(14(19)20)5-15-7-17-11/h3-7H,1-2H3,(H,19,20). The van der Waals surface area contributed by atoms with Crippen LogP contribution in [0.15, 0.2) is 31.0 Å². The highest BCUT2D eigenvalue weighted by molar-refractivity contribution is 6.02. The first-order valence-electron chi connectivity index (χ1n) is 6.15. The van der Waals surface area contributed by atoms with Crippen LogP contribution in [0.5, 0.6) is 5.88 Å². The molecule has 3 heterocycles. The molecule has 0 bridgehead atoms. The first-order chi connectivity index (χ1) is 10.1. The van der Waals surface area contributed by atoms with Gasteiger partial charge in [-0.1, -0.05) is 0 Å². The van der Waals surface area contributed by atoms with Gasteiger partial charge >= 0.3 is 5.97 Å². The minimum atomic E-state index is -1.08. The highest BCUT2D eigenvalue weighted by Gasteiger charge is 2.18. The van der Waals surface area contributed by atoms with Crippen molar-refractivity contribution in [3.63, 3.8) is 0 Å². The van der Waals surface area contributed by atoms with Gasteiger partial charge < -0.3 is 14.4 Å². The Balaban J connectivity index is 2.35. The Morgan fingerprint density at radius 1 is 1.33 bits per heavy atom. The molecule has 0 aliphatic carbocycles. The van der Waals surface area contributed by atoms with Gasteiger partial charge in [-0.2, -0.15) is 0 Å². The number of hydrogen-bond donors (Lipinski definition) is 1. The molecule has 7 heteroatoms. The molecule has 0 spiro atoms. The first kappa shape index (κ1) is 13.0. The van der Waals surface area contributed by atoms with Crippen molar-refractivity contribution in [1.82, 2.24) is 19.5 Å². The van der Waals surface area contributed by atoms with Crippen LogP contribution in [0.1, 0.15) is 10.4 Å². The minimum absolute atomic E-state index is 0.0367. The number of ether oxygens (including phenoxy) is 1. The van der Waals surface area contributed by atoms with Crippen LogP contribution in [0, 0.1) is 0 Å². The zero-order valence-electron chi connectivity index (χ0n) is 11.4. The van der Waals surface area contributed by atoms with E-state index in [4.69, 9.17) is 4.74 Å². The predicted octanol–water partition coefficient (Wildman–Crippen LogP) is 1.74. The van der Waals surface area contributed by atoms with Gasteiger partial charge in [-0.05, 0) is 6.07 Å². The van der Waals surface area contributed by atoms with E-state index in [0.717, 1.165) is 10.9 Å². The number of aromatic nitrogens is 4. The Bertz CT molecular complexity index is 841.